The van der Waals surface area contributed by atoms with E-state index in [1.54, 1.807) is 48.5 Å². The fourth-order valence-corrected chi connectivity index (χ4v) is 7.28. The smallest absolute Gasteiger partial charge is 0.248 e. The number of guanidine groups is 1. The molecule has 69 heavy (non-hydrogen) atoms. The van der Waals surface area contributed by atoms with Crippen LogP contribution >= 0.6 is 0 Å². The molecule has 0 radical (unpaired) electrons. The van der Waals surface area contributed by atoms with E-state index in [2.05, 4.69) is 42.2 Å². The van der Waals surface area contributed by atoms with Crippen LogP contribution in [0.3, 0.4) is 0 Å². The predicted molar refractivity (Wildman–Crippen MR) is 257 cm³/mol. The van der Waals surface area contributed by atoms with Crippen molar-refractivity contribution in [3.8, 4) is 0 Å². The van der Waals surface area contributed by atoms with Crippen LogP contribution < -0.4 is 48.7 Å². The van der Waals surface area contributed by atoms with Crippen LogP contribution in [-0.2, 0) is 47.9 Å². The maximum atomic E-state index is 14.1. The van der Waals surface area contributed by atoms with Gasteiger partial charge in [0.2, 0.25) is 59.1 Å². The lowest BCUT2D eigenvalue weighted by molar-refractivity contribution is -0.145. The quantitative estimate of drug-likeness (QED) is 0.0215. The molecule has 0 aromatic heterocycles. The van der Waals surface area contributed by atoms with Crippen molar-refractivity contribution in [3.63, 3.8) is 0 Å². The van der Waals surface area contributed by atoms with Crippen molar-refractivity contribution in [1.82, 2.24) is 51.9 Å². The fraction of sp³-hybridized carbons (Fsp3) is 0.756. The van der Waals surface area contributed by atoms with Gasteiger partial charge in [-0.1, -0.05) is 54.4 Å². The lowest BCUT2D eigenvalue weighted by atomic mass is 9.95. The molecule has 1 saturated heterocycles. The summed E-state index contributed by atoms with van der Waals surface area (Å²) in [5.74, 6) is -7.92. The Bertz CT molecular complexity index is 1830. The van der Waals surface area contributed by atoms with Crippen molar-refractivity contribution >= 4 is 65.0 Å². The van der Waals surface area contributed by atoms with Crippen LogP contribution in [-0.4, -0.2) is 180 Å². The second-order valence-electron chi connectivity index (χ2n) is 18.1. The van der Waals surface area contributed by atoms with Crippen LogP contribution in [0, 0.1) is 17.8 Å². The standard InChI is InChI=1S/C45H81N13O11/c1-13-25(6)35(41(66)51-30(18-16-20-49-45(46)47)43(68)58-21-17-19-31(58)39(64)48-15-3)53-38(63)27(8)57(12)44(69)37(28(9)59)55-42(67)36(26(7)14-2)54-40(65)34(24(4)5)52-32(61)22-50-33(62)23-56(11)29(10)60/h24-28,30-31,34-37,59H,13-23H2,1-12H3,(H,48,64)(H,50,62)(H,51,66)(H,52,61)(H,53,63)(H,54,65)(H,55,67)(H4,46,47,49)/t25?,26?,27-,28?,30-,31-,34-,35-,36+,37-/m0/s1. The molecule has 12 N–H and O–H groups in total. The van der Waals surface area contributed by atoms with Crippen molar-refractivity contribution in [2.45, 2.75) is 156 Å². The summed E-state index contributed by atoms with van der Waals surface area (Å²) in [6, 6.07) is -8.31. The summed E-state index contributed by atoms with van der Waals surface area (Å²) < 4.78 is 0. The number of aliphatic imine (C=N–C) groups is 1. The van der Waals surface area contributed by atoms with E-state index in [1.165, 1.54) is 39.8 Å². The van der Waals surface area contributed by atoms with Gasteiger partial charge >= 0.3 is 0 Å². The van der Waals surface area contributed by atoms with E-state index < -0.39 is 120 Å². The first-order valence-electron chi connectivity index (χ1n) is 23.8. The molecule has 0 saturated carbocycles. The molecular formula is C45H81N13O11. The first kappa shape index (κ1) is 60.9. The Morgan fingerprint density at radius 3 is 1.77 bits per heavy atom. The number of hydrogen-bond donors (Lipinski definition) is 10. The number of aliphatic hydroxyl groups excluding tert-OH is 1. The third-order valence-corrected chi connectivity index (χ3v) is 12.3. The van der Waals surface area contributed by atoms with Gasteiger partial charge in [-0.05, 0) is 64.2 Å². The van der Waals surface area contributed by atoms with Crippen molar-refractivity contribution < 1.29 is 53.1 Å². The number of amides is 10. The normalized spacial score (nSPS) is 17.2. The Kier molecular flexibility index (Phi) is 26.3. The molecular weight excluding hydrogens is 899 g/mol. The molecule has 392 valence electrons. The molecule has 1 aliphatic heterocycles. The predicted octanol–water partition coefficient (Wildman–Crippen LogP) is -2.84. The third kappa shape index (κ3) is 19.5. The lowest BCUT2D eigenvalue weighted by Crippen LogP contribution is -2.63. The van der Waals surface area contributed by atoms with E-state index in [9.17, 15) is 53.1 Å². The van der Waals surface area contributed by atoms with Gasteiger partial charge in [0.15, 0.2) is 5.96 Å². The van der Waals surface area contributed by atoms with Crippen LogP contribution in [0.5, 0.6) is 0 Å². The molecule has 10 atom stereocenters. The average Bonchev–Trinajstić information content (AvgIpc) is 3.79. The fourth-order valence-electron chi connectivity index (χ4n) is 7.28. The Morgan fingerprint density at radius 1 is 0.725 bits per heavy atom. The highest BCUT2D eigenvalue weighted by atomic mass is 16.3. The Balaban J connectivity index is 3.26. The molecule has 24 nitrogen and oxygen atoms in total. The van der Waals surface area contributed by atoms with Crippen LogP contribution in [0.1, 0.15) is 108 Å². The largest absolute Gasteiger partial charge is 0.391 e. The molecule has 1 rings (SSSR count). The van der Waals surface area contributed by atoms with E-state index in [-0.39, 0.29) is 37.3 Å². The summed E-state index contributed by atoms with van der Waals surface area (Å²) in [4.78, 5) is 140. The summed E-state index contributed by atoms with van der Waals surface area (Å²) in [5, 5.41) is 29.2. The molecule has 0 spiro atoms. The summed E-state index contributed by atoms with van der Waals surface area (Å²) in [5.41, 5.74) is 11.0. The molecule has 0 aliphatic carbocycles. The molecule has 0 bridgehead atoms. The van der Waals surface area contributed by atoms with Gasteiger partial charge in [0.25, 0.3) is 0 Å². The first-order valence-corrected chi connectivity index (χ1v) is 23.8. The number of likely N-dealkylation sites (tertiary alicyclic amines) is 1. The summed E-state index contributed by atoms with van der Waals surface area (Å²) >= 11 is 0. The molecule has 0 aromatic rings. The zero-order valence-corrected chi connectivity index (χ0v) is 42.6. The second kappa shape index (κ2) is 29.7. The van der Waals surface area contributed by atoms with Crippen molar-refractivity contribution in [3.05, 3.63) is 0 Å². The molecule has 3 unspecified atom stereocenters. The summed E-state index contributed by atoms with van der Waals surface area (Å²) in [6.07, 6.45) is 0.753. The minimum absolute atomic E-state index is 0.113. The number of nitrogens with one attached hydrogen (secondary N) is 7. The lowest BCUT2D eigenvalue weighted by Gasteiger charge is -2.34. The SMILES string of the molecule is CCNC(=O)[C@@H]1CCCN1C(=O)[C@H](CCCN=C(N)N)NC(=O)[C@@H](NC(=O)[C@H](C)N(C)C(=O)[C@@H](NC(=O)[C@H](NC(=O)[C@@H](NC(=O)CNC(=O)CN(C)C(C)=O)C(C)C)C(C)CC)C(C)O)C(C)CC. The van der Waals surface area contributed by atoms with Crippen LogP contribution in [0.15, 0.2) is 4.99 Å². The van der Waals surface area contributed by atoms with Gasteiger partial charge in [-0.2, -0.15) is 0 Å². The maximum absolute atomic E-state index is 14.1. The average molecular weight is 980 g/mol. The Morgan fingerprint density at radius 2 is 1.26 bits per heavy atom. The highest BCUT2D eigenvalue weighted by molar-refractivity contribution is 5.98. The van der Waals surface area contributed by atoms with E-state index >= 15 is 0 Å². The number of carbonyl (C=O) groups is 10. The number of rotatable bonds is 28. The van der Waals surface area contributed by atoms with E-state index in [4.69, 9.17) is 11.5 Å². The Labute approximate surface area is 406 Å². The number of nitrogens with two attached hydrogens (primary N) is 2. The van der Waals surface area contributed by atoms with Crippen molar-refractivity contribution in [2.75, 3.05) is 46.8 Å². The van der Waals surface area contributed by atoms with Crippen LogP contribution in [0.2, 0.25) is 0 Å². The minimum atomic E-state index is -1.61. The summed E-state index contributed by atoms with van der Waals surface area (Å²) in [7, 11) is 2.71. The number of hydrogen-bond acceptors (Lipinski definition) is 12. The maximum Gasteiger partial charge on any atom is 0.248 e. The second-order valence-corrected chi connectivity index (χ2v) is 18.1. The van der Waals surface area contributed by atoms with Crippen molar-refractivity contribution in [2.24, 2.45) is 34.2 Å². The molecule has 1 heterocycles. The van der Waals surface area contributed by atoms with E-state index in [1.807, 2.05) is 0 Å². The van der Waals surface area contributed by atoms with Gasteiger partial charge in [-0.25, -0.2) is 0 Å². The Hall–Kier alpha value is -6.07. The summed E-state index contributed by atoms with van der Waals surface area (Å²) in [6.45, 7) is 16.1. The highest BCUT2D eigenvalue weighted by Crippen LogP contribution is 2.21. The monoisotopic (exact) mass is 980 g/mol. The minimum Gasteiger partial charge on any atom is -0.391 e. The molecule has 0 aromatic carbocycles. The van der Waals surface area contributed by atoms with Crippen LogP contribution in [0.25, 0.3) is 0 Å². The molecule has 1 fully saturated rings. The number of carbonyl (C=O) groups excluding carboxylic acids is 10. The van der Waals surface area contributed by atoms with E-state index in [0.717, 1.165) is 9.80 Å². The molecule has 24 heteroatoms. The van der Waals surface area contributed by atoms with Gasteiger partial charge in [0.1, 0.15) is 42.3 Å². The van der Waals surface area contributed by atoms with Gasteiger partial charge in [-0.3, -0.25) is 52.9 Å². The van der Waals surface area contributed by atoms with Crippen molar-refractivity contribution in [1.29, 1.82) is 0 Å². The van der Waals surface area contributed by atoms with Gasteiger partial charge < -0.3 is 68.5 Å². The van der Waals surface area contributed by atoms with Gasteiger partial charge in [0.05, 0.1) is 19.2 Å². The van der Waals surface area contributed by atoms with Gasteiger partial charge in [0, 0.05) is 40.7 Å². The number of nitrogens with zero attached hydrogens (tertiary/aromatic N) is 4. The zero-order chi connectivity index (χ0) is 52.9. The topological polar surface area (TPSA) is 349 Å². The molecule has 1 aliphatic rings. The first-order chi connectivity index (χ1) is 32.2. The zero-order valence-electron chi connectivity index (χ0n) is 42.6. The van der Waals surface area contributed by atoms with E-state index in [0.29, 0.717) is 45.2 Å². The number of likely N-dealkylation sites (N-methyl/N-ethyl adjacent to an activating group) is 3. The number of aliphatic hydroxyl groups is 1. The van der Waals surface area contributed by atoms with Gasteiger partial charge in [-0.15, -0.1) is 0 Å². The highest BCUT2D eigenvalue weighted by Gasteiger charge is 2.40. The third-order valence-electron chi connectivity index (χ3n) is 12.3. The van der Waals surface area contributed by atoms with Crippen LogP contribution in [0.4, 0.5) is 0 Å². The molecule has 10 amide bonds.